The van der Waals surface area contributed by atoms with E-state index in [4.69, 9.17) is 5.11 Å². The van der Waals surface area contributed by atoms with Gasteiger partial charge in [-0.1, -0.05) is 0 Å². The van der Waals surface area contributed by atoms with E-state index in [1.54, 1.807) is 0 Å². The highest BCUT2D eigenvalue weighted by Crippen LogP contribution is 2.20. The molecule has 0 saturated heterocycles. The number of aromatic amines is 1. The van der Waals surface area contributed by atoms with Gasteiger partial charge >= 0.3 is 0 Å². The van der Waals surface area contributed by atoms with Crippen molar-refractivity contribution in [1.82, 2.24) is 9.97 Å². The number of fused-ring (bicyclic) bond motifs is 1. The van der Waals surface area contributed by atoms with Gasteiger partial charge in [0.05, 0.1) is 17.6 Å². The molecule has 0 bridgehead atoms. The Morgan fingerprint density at radius 2 is 2.00 bits per heavy atom. The normalized spacial score (nSPS) is 16.7. The van der Waals surface area contributed by atoms with Gasteiger partial charge in [0.25, 0.3) is 0 Å². The van der Waals surface area contributed by atoms with Crippen molar-refractivity contribution >= 4 is 11.0 Å². The number of nitrogens with one attached hydrogen (secondary N) is 1. The van der Waals surface area contributed by atoms with Crippen LogP contribution in [0, 0.1) is 5.82 Å². The van der Waals surface area contributed by atoms with Crippen LogP contribution in [0.4, 0.5) is 4.39 Å². The molecule has 1 heterocycles. The molecule has 1 aromatic heterocycles. The Kier molecular flexibility index (Phi) is 3.58. The number of hydrogen-bond acceptors (Lipinski definition) is 5. The van der Waals surface area contributed by atoms with Crippen LogP contribution in [-0.2, 0) is 0 Å². The summed E-state index contributed by atoms with van der Waals surface area (Å²) in [6.45, 7) is -0.687. The van der Waals surface area contributed by atoms with Gasteiger partial charge in [0.2, 0.25) is 0 Å². The van der Waals surface area contributed by atoms with Crippen LogP contribution < -0.4 is 0 Å². The van der Waals surface area contributed by atoms with E-state index >= 15 is 0 Å². The first kappa shape index (κ1) is 12.9. The smallest absolute Gasteiger partial charge is 0.140 e. The minimum absolute atomic E-state index is 0.00407. The summed E-state index contributed by atoms with van der Waals surface area (Å²) < 4.78 is 13.0. The number of benzene rings is 1. The summed E-state index contributed by atoms with van der Waals surface area (Å²) in [6, 6.07) is 3.85. The van der Waals surface area contributed by atoms with Crippen LogP contribution in [0.5, 0.6) is 0 Å². The zero-order valence-electron chi connectivity index (χ0n) is 9.29. The Labute approximate surface area is 101 Å². The van der Waals surface area contributed by atoms with Crippen LogP contribution in [0.2, 0.25) is 0 Å². The first-order valence-electron chi connectivity index (χ1n) is 5.33. The number of halogens is 1. The van der Waals surface area contributed by atoms with Gasteiger partial charge in [-0.15, -0.1) is 0 Å². The summed E-state index contributed by atoms with van der Waals surface area (Å²) in [6.07, 6.45) is -4.56. The molecule has 3 atom stereocenters. The third-order valence-corrected chi connectivity index (χ3v) is 2.65. The van der Waals surface area contributed by atoms with Crippen LogP contribution >= 0.6 is 0 Å². The van der Waals surface area contributed by atoms with Gasteiger partial charge in [-0.05, 0) is 18.2 Å². The van der Waals surface area contributed by atoms with Crippen LogP contribution in [0.3, 0.4) is 0 Å². The molecule has 6 nitrogen and oxygen atoms in total. The fourth-order valence-electron chi connectivity index (χ4n) is 1.62. The van der Waals surface area contributed by atoms with Crippen LogP contribution in [-0.4, -0.2) is 49.2 Å². The molecule has 1 unspecified atom stereocenters. The molecule has 7 heteroatoms. The molecule has 0 aliphatic heterocycles. The molecule has 5 N–H and O–H groups in total. The summed E-state index contributed by atoms with van der Waals surface area (Å²) in [7, 11) is 0. The summed E-state index contributed by atoms with van der Waals surface area (Å²) in [5.41, 5.74) is 0.797. The first-order valence-corrected chi connectivity index (χ1v) is 5.33. The predicted molar refractivity (Wildman–Crippen MR) is 60.1 cm³/mol. The molecule has 98 valence electrons. The van der Waals surface area contributed by atoms with E-state index < -0.39 is 30.7 Å². The number of aliphatic hydroxyl groups excluding tert-OH is 4. The summed E-state index contributed by atoms with van der Waals surface area (Å²) in [5, 5.41) is 37.2. The van der Waals surface area contributed by atoms with E-state index in [-0.39, 0.29) is 5.82 Å². The van der Waals surface area contributed by atoms with Gasteiger partial charge in [0.15, 0.2) is 0 Å². The highest BCUT2D eigenvalue weighted by molar-refractivity contribution is 5.75. The van der Waals surface area contributed by atoms with Crippen molar-refractivity contribution in [2.45, 2.75) is 18.3 Å². The van der Waals surface area contributed by atoms with Crippen LogP contribution in [0.25, 0.3) is 11.0 Å². The summed E-state index contributed by atoms with van der Waals surface area (Å²) in [4.78, 5) is 6.61. The van der Waals surface area contributed by atoms with E-state index in [1.165, 1.54) is 18.2 Å². The fourth-order valence-corrected chi connectivity index (χ4v) is 1.62. The second-order valence-corrected chi connectivity index (χ2v) is 3.97. The highest BCUT2D eigenvalue weighted by Gasteiger charge is 2.27. The first-order chi connectivity index (χ1) is 8.52. The van der Waals surface area contributed by atoms with E-state index in [1.807, 2.05) is 0 Å². The minimum atomic E-state index is -1.58. The number of aliphatic hydroxyl groups is 4. The van der Waals surface area contributed by atoms with Gasteiger partial charge in [-0.3, -0.25) is 0 Å². The molecule has 0 radical (unpaired) electrons. The van der Waals surface area contributed by atoms with Crippen LogP contribution in [0.15, 0.2) is 18.2 Å². The van der Waals surface area contributed by atoms with Gasteiger partial charge in [-0.2, -0.15) is 0 Å². The van der Waals surface area contributed by atoms with Gasteiger partial charge < -0.3 is 25.4 Å². The largest absolute Gasteiger partial charge is 0.394 e. The predicted octanol–water partition coefficient (Wildman–Crippen LogP) is -0.550. The van der Waals surface area contributed by atoms with E-state index in [0.29, 0.717) is 11.0 Å². The van der Waals surface area contributed by atoms with Crippen molar-refractivity contribution < 1.29 is 24.8 Å². The average molecular weight is 256 g/mol. The number of aromatic nitrogens is 2. The maximum absolute atomic E-state index is 13.0. The van der Waals surface area contributed by atoms with Crippen molar-refractivity contribution in [3.05, 3.63) is 29.8 Å². The summed E-state index contributed by atoms with van der Waals surface area (Å²) in [5.74, 6) is -0.460. The minimum Gasteiger partial charge on any atom is -0.394 e. The third kappa shape index (κ3) is 2.34. The molecular weight excluding hydrogens is 243 g/mol. The van der Waals surface area contributed by atoms with Crippen molar-refractivity contribution in [3.63, 3.8) is 0 Å². The molecule has 2 rings (SSSR count). The van der Waals surface area contributed by atoms with Crippen LogP contribution in [0.1, 0.15) is 11.9 Å². The molecule has 0 spiro atoms. The molecule has 1 aromatic carbocycles. The molecule has 0 saturated carbocycles. The molecular formula is C11H13FN2O4. The van der Waals surface area contributed by atoms with Crippen molar-refractivity contribution in [3.8, 4) is 0 Å². The van der Waals surface area contributed by atoms with Crippen molar-refractivity contribution in [1.29, 1.82) is 0 Å². The number of imidazole rings is 1. The summed E-state index contributed by atoms with van der Waals surface area (Å²) >= 11 is 0. The quantitative estimate of drug-likeness (QED) is 0.504. The Bertz CT molecular complexity index is 545. The zero-order valence-corrected chi connectivity index (χ0v) is 9.29. The monoisotopic (exact) mass is 256 g/mol. The SMILES string of the molecule is OC[C@@H](O)C(O)[C@H](O)c1nc2ccc(F)cc2[nH]1. The second kappa shape index (κ2) is 4.99. The second-order valence-electron chi connectivity index (χ2n) is 3.97. The third-order valence-electron chi connectivity index (χ3n) is 2.65. The maximum atomic E-state index is 13.0. The molecule has 0 amide bonds. The number of H-pyrrole nitrogens is 1. The van der Waals surface area contributed by atoms with Gasteiger partial charge in [0, 0.05) is 0 Å². The topological polar surface area (TPSA) is 110 Å². The molecule has 2 aromatic rings. The van der Waals surface area contributed by atoms with E-state index in [9.17, 15) is 19.7 Å². The highest BCUT2D eigenvalue weighted by atomic mass is 19.1. The average Bonchev–Trinajstić information content (AvgIpc) is 2.78. The van der Waals surface area contributed by atoms with E-state index in [0.717, 1.165) is 0 Å². The molecule has 0 aliphatic rings. The Morgan fingerprint density at radius 1 is 1.28 bits per heavy atom. The van der Waals surface area contributed by atoms with Gasteiger partial charge in [0.1, 0.15) is 30.0 Å². The number of hydrogen-bond donors (Lipinski definition) is 5. The lowest BCUT2D eigenvalue weighted by molar-refractivity contribution is -0.0800. The molecule has 0 aliphatic carbocycles. The van der Waals surface area contributed by atoms with Crippen molar-refractivity contribution in [2.24, 2.45) is 0 Å². The number of nitrogens with zero attached hydrogens (tertiary/aromatic N) is 1. The Morgan fingerprint density at radius 3 is 2.67 bits per heavy atom. The van der Waals surface area contributed by atoms with E-state index in [2.05, 4.69) is 9.97 Å². The standard InChI is InChI=1S/C11H13FN2O4/c12-5-1-2-6-7(3-5)14-11(13-6)10(18)9(17)8(16)4-15/h1-3,8-10,15-18H,4H2,(H,13,14)/t8-,9?,10+/m1/s1. The zero-order chi connectivity index (χ0) is 13.3. The Hall–Kier alpha value is -1.54. The molecule has 18 heavy (non-hydrogen) atoms. The lowest BCUT2D eigenvalue weighted by Gasteiger charge is -2.19. The lowest BCUT2D eigenvalue weighted by Crippen LogP contribution is -2.35. The Balaban J connectivity index is 2.30. The van der Waals surface area contributed by atoms with Crippen molar-refractivity contribution in [2.75, 3.05) is 6.61 Å². The van der Waals surface area contributed by atoms with Gasteiger partial charge in [-0.25, -0.2) is 9.37 Å². The number of rotatable bonds is 4. The molecule has 0 fully saturated rings. The fraction of sp³-hybridized carbons (Fsp3) is 0.364. The lowest BCUT2D eigenvalue weighted by atomic mass is 10.1. The maximum Gasteiger partial charge on any atom is 0.140 e.